The van der Waals surface area contributed by atoms with E-state index < -0.39 is 0 Å². The summed E-state index contributed by atoms with van der Waals surface area (Å²) < 4.78 is 2.13. The summed E-state index contributed by atoms with van der Waals surface area (Å²) in [6, 6.07) is 17.4. The summed E-state index contributed by atoms with van der Waals surface area (Å²) in [5.74, 6) is 0. The Balaban J connectivity index is 1.37. The second-order valence-corrected chi connectivity index (χ2v) is 11.9. The van der Waals surface area contributed by atoms with Gasteiger partial charge in [-0.25, -0.2) is 4.89 Å². The second-order valence-electron chi connectivity index (χ2n) is 10.9. The molecule has 0 spiro atoms. The molecule has 0 fully saturated rings. The topological polar surface area (TPSA) is 36.6 Å². The lowest BCUT2D eigenvalue weighted by molar-refractivity contribution is -0.676. The molecular weight excluding hydrogens is 464 g/mol. The fraction of sp³-hybridized carbons (Fsp3) is 0.323. The van der Waals surface area contributed by atoms with Crippen molar-refractivity contribution in [3.8, 4) is 0 Å². The fourth-order valence-electron chi connectivity index (χ4n) is 6.01. The molecule has 3 heterocycles. The SMILES string of the molecule is CC1(C)CC(/C=C2\Sc3cccc4c3N2CCC4)=CC(=C/c2cc[n+](CCOO)c3ccccc23)/C1. The van der Waals surface area contributed by atoms with E-state index in [9.17, 15) is 0 Å². The molecule has 0 unspecified atom stereocenters. The van der Waals surface area contributed by atoms with Crippen molar-refractivity contribution in [1.82, 2.24) is 0 Å². The van der Waals surface area contributed by atoms with Crippen LogP contribution in [0.3, 0.4) is 0 Å². The molecule has 6 rings (SSSR count). The summed E-state index contributed by atoms with van der Waals surface area (Å²) in [6.45, 7) is 6.75. The van der Waals surface area contributed by atoms with Gasteiger partial charge in [0.1, 0.15) is 6.61 Å². The molecule has 1 N–H and O–H groups in total. The number of hydrogen-bond donors (Lipinski definition) is 1. The van der Waals surface area contributed by atoms with Crippen molar-refractivity contribution in [3.05, 3.63) is 94.2 Å². The smallest absolute Gasteiger partial charge is 0.213 e. The Hall–Kier alpha value is -2.86. The third-order valence-corrected chi connectivity index (χ3v) is 8.53. The van der Waals surface area contributed by atoms with Gasteiger partial charge in [-0.3, -0.25) is 5.26 Å². The number of allylic oxidation sites excluding steroid dienone is 4. The molecule has 2 aliphatic heterocycles. The normalized spacial score (nSPS) is 20.8. The first-order chi connectivity index (χ1) is 17.5. The van der Waals surface area contributed by atoms with Gasteiger partial charge in [0, 0.05) is 23.6 Å². The predicted molar refractivity (Wildman–Crippen MR) is 148 cm³/mol. The van der Waals surface area contributed by atoms with E-state index in [0.717, 1.165) is 24.9 Å². The number of thioether (sulfide) groups is 1. The van der Waals surface area contributed by atoms with E-state index in [1.54, 1.807) is 0 Å². The first-order valence-corrected chi connectivity index (χ1v) is 13.7. The summed E-state index contributed by atoms with van der Waals surface area (Å²) >= 11 is 1.93. The molecular formula is C31H33N2O2S+. The van der Waals surface area contributed by atoms with Crippen LogP contribution in [0.25, 0.3) is 17.0 Å². The summed E-state index contributed by atoms with van der Waals surface area (Å²) in [5, 5.41) is 11.4. The molecule has 5 heteroatoms. The molecule has 0 atom stereocenters. The van der Waals surface area contributed by atoms with Gasteiger partial charge in [-0.05, 0) is 71.6 Å². The number of aryl methyl sites for hydroxylation is 1. The minimum Gasteiger partial charge on any atom is -0.335 e. The van der Waals surface area contributed by atoms with Gasteiger partial charge in [0.25, 0.3) is 0 Å². The van der Waals surface area contributed by atoms with Crippen LogP contribution < -0.4 is 9.47 Å². The standard InChI is InChI=1S/C31H32N2O2S/c1-31(2)20-22(18-25-12-14-32(15-16-35-34)27-10-4-3-9-26(25)27)17-23(21-31)19-29-33-13-6-8-24-7-5-11-28(36-29)30(24)33/h3-5,7,9-12,14,17-19H,6,8,13,15-16,20-21H2,1-2H3/p+1. The van der Waals surface area contributed by atoms with Crippen molar-refractivity contribution in [2.75, 3.05) is 18.1 Å². The molecule has 0 radical (unpaired) electrons. The zero-order valence-electron chi connectivity index (χ0n) is 21.0. The summed E-state index contributed by atoms with van der Waals surface area (Å²) in [4.78, 5) is 8.28. The van der Waals surface area contributed by atoms with Gasteiger partial charge in [-0.15, -0.1) is 0 Å². The van der Waals surface area contributed by atoms with Gasteiger partial charge in [0.2, 0.25) is 5.52 Å². The Morgan fingerprint density at radius 2 is 1.97 bits per heavy atom. The number of hydrogen-bond acceptors (Lipinski definition) is 4. The van der Waals surface area contributed by atoms with Crippen LogP contribution in [0, 0.1) is 5.41 Å². The van der Waals surface area contributed by atoms with Crippen molar-refractivity contribution in [3.63, 3.8) is 0 Å². The number of rotatable bonds is 5. The van der Waals surface area contributed by atoms with Crippen LogP contribution in [-0.4, -0.2) is 18.4 Å². The molecule has 184 valence electrons. The second kappa shape index (κ2) is 9.55. The van der Waals surface area contributed by atoms with Crippen LogP contribution in [0.15, 0.2) is 88.0 Å². The highest BCUT2D eigenvalue weighted by Gasteiger charge is 2.31. The lowest BCUT2D eigenvalue weighted by Crippen LogP contribution is -2.36. The average Bonchev–Trinajstić information content (AvgIpc) is 3.21. The number of para-hydroxylation sites is 2. The maximum atomic E-state index is 8.81. The first-order valence-electron chi connectivity index (χ1n) is 12.9. The highest BCUT2D eigenvalue weighted by atomic mass is 32.2. The Morgan fingerprint density at radius 1 is 1.08 bits per heavy atom. The van der Waals surface area contributed by atoms with Crippen LogP contribution in [0.4, 0.5) is 5.69 Å². The lowest BCUT2D eigenvalue weighted by atomic mass is 9.75. The number of benzene rings is 2. The van der Waals surface area contributed by atoms with E-state index >= 15 is 0 Å². The van der Waals surface area contributed by atoms with Crippen LogP contribution in [-0.2, 0) is 17.9 Å². The van der Waals surface area contributed by atoms with Crippen molar-refractivity contribution >= 4 is 34.4 Å². The van der Waals surface area contributed by atoms with E-state index in [4.69, 9.17) is 5.26 Å². The van der Waals surface area contributed by atoms with Crippen LogP contribution in [0.5, 0.6) is 0 Å². The van der Waals surface area contributed by atoms with Gasteiger partial charge in [0.15, 0.2) is 12.7 Å². The van der Waals surface area contributed by atoms with Crippen molar-refractivity contribution in [2.45, 2.75) is 51.0 Å². The van der Waals surface area contributed by atoms with E-state index in [1.165, 1.54) is 56.1 Å². The van der Waals surface area contributed by atoms with Gasteiger partial charge in [0.05, 0.1) is 16.1 Å². The maximum Gasteiger partial charge on any atom is 0.213 e. The third-order valence-electron chi connectivity index (χ3n) is 7.43. The van der Waals surface area contributed by atoms with Gasteiger partial charge >= 0.3 is 0 Å². The summed E-state index contributed by atoms with van der Waals surface area (Å²) in [5.41, 5.74) is 8.31. The predicted octanol–water partition coefficient (Wildman–Crippen LogP) is 7.15. The van der Waals surface area contributed by atoms with Crippen molar-refractivity contribution < 1.29 is 14.7 Å². The molecule has 4 nitrogen and oxygen atoms in total. The van der Waals surface area contributed by atoms with Gasteiger partial charge in [-0.1, -0.05) is 62.0 Å². The van der Waals surface area contributed by atoms with Gasteiger partial charge < -0.3 is 4.90 Å². The zero-order chi connectivity index (χ0) is 24.7. The molecule has 1 aromatic heterocycles. The molecule has 0 amide bonds. The van der Waals surface area contributed by atoms with E-state index in [2.05, 4.69) is 101 Å². The minimum atomic E-state index is 0.207. The highest BCUT2D eigenvalue weighted by Crippen LogP contribution is 2.51. The molecule has 0 bridgehead atoms. The minimum absolute atomic E-state index is 0.207. The average molecular weight is 498 g/mol. The Morgan fingerprint density at radius 3 is 2.86 bits per heavy atom. The molecule has 1 aliphatic carbocycles. The number of fused-ring (bicyclic) bond motifs is 1. The quantitative estimate of drug-likeness (QED) is 0.231. The largest absolute Gasteiger partial charge is 0.335 e. The van der Waals surface area contributed by atoms with Crippen LogP contribution in [0.1, 0.15) is 44.2 Å². The maximum absolute atomic E-state index is 8.81. The Bertz CT molecular complexity index is 1420. The van der Waals surface area contributed by atoms with Gasteiger partial charge in [-0.2, -0.15) is 4.57 Å². The molecule has 0 saturated carbocycles. The number of nitrogens with zero attached hydrogens (tertiary/aromatic N) is 2. The highest BCUT2D eigenvalue weighted by molar-refractivity contribution is 8.03. The Labute approximate surface area is 217 Å². The van der Waals surface area contributed by atoms with E-state index in [1.807, 2.05) is 11.8 Å². The Kier molecular flexibility index (Phi) is 6.24. The van der Waals surface area contributed by atoms with Crippen molar-refractivity contribution in [1.29, 1.82) is 0 Å². The summed E-state index contributed by atoms with van der Waals surface area (Å²) in [7, 11) is 0. The van der Waals surface area contributed by atoms with Crippen LogP contribution in [0.2, 0.25) is 0 Å². The molecule has 2 aromatic carbocycles. The van der Waals surface area contributed by atoms with Crippen LogP contribution >= 0.6 is 11.8 Å². The number of aromatic nitrogens is 1. The summed E-state index contributed by atoms with van der Waals surface area (Å²) in [6.07, 6.45) is 13.9. The van der Waals surface area contributed by atoms with E-state index in [0.29, 0.717) is 6.54 Å². The fourth-order valence-corrected chi connectivity index (χ4v) is 7.23. The number of anilines is 1. The molecule has 3 aliphatic rings. The van der Waals surface area contributed by atoms with E-state index in [-0.39, 0.29) is 12.0 Å². The molecule has 0 saturated heterocycles. The molecule has 3 aromatic rings. The third kappa shape index (κ3) is 4.52. The monoisotopic (exact) mass is 497 g/mol. The lowest BCUT2D eigenvalue weighted by Gasteiger charge is -2.32. The molecule has 36 heavy (non-hydrogen) atoms. The number of pyridine rings is 1. The van der Waals surface area contributed by atoms with Crippen molar-refractivity contribution in [2.24, 2.45) is 5.41 Å². The zero-order valence-corrected chi connectivity index (χ0v) is 21.9. The first kappa shape index (κ1) is 23.5.